The Hall–Kier alpha value is -1.31. The second-order valence-corrected chi connectivity index (χ2v) is 7.40. The number of nitrogens with one attached hydrogen (secondary N) is 1. The highest BCUT2D eigenvalue weighted by Crippen LogP contribution is 2.30. The van der Waals surface area contributed by atoms with Gasteiger partial charge in [0.25, 0.3) is 0 Å². The first-order chi connectivity index (χ1) is 9.86. The molecule has 0 aromatic heterocycles. The van der Waals surface area contributed by atoms with Crippen molar-refractivity contribution in [3.8, 4) is 11.5 Å². The molecule has 0 bridgehead atoms. The largest absolute Gasteiger partial charge is 0.497 e. The van der Waals surface area contributed by atoms with Gasteiger partial charge in [0, 0.05) is 17.6 Å². The van der Waals surface area contributed by atoms with E-state index in [1.165, 1.54) is 0 Å². The highest BCUT2D eigenvalue weighted by molar-refractivity contribution is 7.91. The zero-order chi connectivity index (χ0) is 15.6. The molecule has 1 aromatic carbocycles. The maximum Gasteiger partial charge on any atom is 0.154 e. The quantitative estimate of drug-likeness (QED) is 0.824. The van der Waals surface area contributed by atoms with Crippen molar-refractivity contribution in [1.82, 2.24) is 5.32 Å². The molecule has 0 aliphatic carbocycles. The van der Waals surface area contributed by atoms with Crippen LogP contribution in [0.5, 0.6) is 11.5 Å². The molecular weight excluding hydrogens is 294 g/mol. The summed E-state index contributed by atoms with van der Waals surface area (Å²) in [4.78, 5) is 0. The monoisotopic (exact) mass is 315 g/mol. The Bertz CT molecular complexity index is 601. The van der Waals surface area contributed by atoms with Gasteiger partial charge in [0.15, 0.2) is 9.84 Å². The van der Waals surface area contributed by atoms with E-state index in [-0.39, 0.29) is 17.5 Å². The molecule has 0 amide bonds. The lowest BCUT2D eigenvalue weighted by atomic mass is 10.0. The molecule has 6 nitrogen and oxygen atoms in total. The van der Waals surface area contributed by atoms with E-state index in [0.29, 0.717) is 11.5 Å². The van der Waals surface area contributed by atoms with Crippen molar-refractivity contribution >= 4 is 9.84 Å². The average molecular weight is 315 g/mol. The van der Waals surface area contributed by atoms with Crippen molar-refractivity contribution in [3.63, 3.8) is 0 Å². The smallest absolute Gasteiger partial charge is 0.154 e. The third-order valence-corrected chi connectivity index (χ3v) is 5.41. The van der Waals surface area contributed by atoms with Crippen LogP contribution in [0.15, 0.2) is 18.2 Å². The lowest BCUT2D eigenvalue weighted by Crippen LogP contribution is -2.40. The molecule has 118 valence electrons. The maximum atomic E-state index is 11.5. The van der Waals surface area contributed by atoms with Gasteiger partial charge in [-0.1, -0.05) is 0 Å². The standard InChI is InChI=1S/C14H21NO5S/c1-9(15-12-7-21(17,18)8-13(12)16)11-6-10(19-2)4-5-14(11)20-3/h4-6,9,12-13,15-16H,7-8H2,1-3H3. The van der Waals surface area contributed by atoms with Crippen molar-refractivity contribution in [3.05, 3.63) is 23.8 Å². The minimum absolute atomic E-state index is 0.0508. The Morgan fingerprint density at radius 3 is 2.52 bits per heavy atom. The van der Waals surface area contributed by atoms with Crippen molar-refractivity contribution < 1.29 is 23.0 Å². The summed E-state index contributed by atoms with van der Waals surface area (Å²) in [6, 6.07) is 4.79. The summed E-state index contributed by atoms with van der Waals surface area (Å²) in [7, 11) is -0.0128. The molecule has 2 N–H and O–H groups in total. The van der Waals surface area contributed by atoms with Crippen LogP contribution in [0.1, 0.15) is 18.5 Å². The van der Waals surface area contributed by atoms with Gasteiger partial charge in [-0.25, -0.2) is 8.42 Å². The normalized spacial score (nSPS) is 25.5. The molecular formula is C14H21NO5S. The van der Waals surface area contributed by atoms with Crippen LogP contribution < -0.4 is 14.8 Å². The summed E-state index contributed by atoms with van der Waals surface area (Å²) in [5, 5.41) is 13.0. The highest BCUT2D eigenvalue weighted by atomic mass is 32.2. The van der Waals surface area contributed by atoms with Gasteiger partial charge in [-0.15, -0.1) is 0 Å². The Labute approximate surface area is 125 Å². The van der Waals surface area contributed by atoms with Crippen LogP contribution >= 0.6 is 0 Å². The first-order valence-electron chi connectivity index (χ1n) is 6.72. The van der Waals surface area contributed by atoms with Gasteiger partial charge in [-0.2, -0.15) is 0 Å². The number of aliphatic hydroxyl groups excluding tert-OH is 1. The predicted octanol–water partition coefficient (Wildman–Crippen LogP) is 0.512. The fourth-order valence-corrected chi connectivity index (χ4v) is 4.33. The second kappa shape index (κ2) is 6.21. The van der Waals surface area contributed by atoms with Gasteiger partial charge < -0.3 is 19.9 Å². The van der Waals surface area contributed by atoms with E-state index in [2.05, 4.69) is 5.32 Å². The summed E-state index contributed by atoms with van der Waals surface area (Å²) in [5.41, 5.74) is 0.855. The lowest BCUT2D eigenvalue weighted by molar-refractivity contribution is 0.160. The Morgan fingerprint density at radius 2 is 2.00 bits per heavy atom. The van der Waals surface area contributed by atoms with Crippen LogP contribution in [0.4, 0.5) is 0 Å². The molecule has 1 heterocycles. The Morgan fingerprint density at radius 1 is 1.29 bits per heavy atom. The van der Waals surface area contributed by atoms with Crippen molar-refractivity contribution in [1.29, 1.82) is 0 Å². The average Bonchev–Trinajstić information content (AvgIpc) is 2.70. The van der Waals surface area contributed by atoms with Crippen LogP contribution in [0.2, 0.25) is 0 Å². The maximum absolute atomic E-state index is 11.5. The summed E-state index contributed by atoms with van der Waals surface area (Å²) in [6.07, 6.45) is -0.881. The topological polar surface area (TPSA) is 84.9 Å². The molecule has 0 spiro atoms. The molecule has 1 saturated heterocycles. The Balaban J connectivity index is 2.18. The van der Waals surface area contributed by atoms with E-state index < -0.39 is 22.0 Å². The van der Waals surface area contributed by atoms with Crippen LogP contribution in [-0.4, -0.2) is 51.4 Å². The number of hydrogen-bond donors (Lipinski definition) is 2. The zero-order valence-corrected chi connectivity index (χ0v) is 13.2. The third kappa shape index (κ3) is 3.66. The summed E-state index contributed by atoms with van der Waals surface area (Å²) >= 11 is 0. The van der Waals surface area contributed by atoms with E-state index in [1.54, 1.807) is 26.4 Å². The first-order valence-corrected chi connectivity index (χ1v) is 8.55. The fourth-order valence-electron chi connectivity index (χ4n) is 2.58. The van der Waals surface area contributed by atoms with E-state index in [0.717, 1.165) is 5.56 Å². The van der Waals surface area contributed by atoms with Gasteiger partial charge >= 0.3 is 0 Å². The number of hydrogen-bond acceptors (Lipinski definition) is 6. The number of sulfone groups is 1. The number of aliphatic hydroxyl groups is 1. The third-order valence-electron chi connectivity index (χ3n) is 3.69. The van der Waals surface area contributed by atoms with Crippen LogP contribution in [-0.2, 0) is 9.84 Å². The molecule has 21 heavy (non-hydrogen) atoms. The SMILES string of the molecule is COc1ccc(OC)c(C(C)NC2CS(=O)(=O)CC2O)c1. The highest BCUT2D eigenvalue weighted by Gasteiger charge is 2.37. The summed E-state index contributed by atoms with van der Waals surface area (Å²) in [6.45, 7) is 1.90. The Kier molecular flexibility index (Phi) is 4.75. The van der Waals surface area contributed by atoms with Crippen LogP contribution in [0, 0.1) is 0 Å². The van der Waals surface area contributed by atoms with Gasteiger partial charge in [-0.05, 0) is 25.1 Å². The lowest BCUT2D eigenvalue weighted by Gasteiger charge is -2.23. The molecule has 1 aliphatic rings. The first kappa shape index (κ1) is 16.1. The van der Waals surface area contributed by atoms with E-state index in [1.807, 2.05) is 13.0 Å². The van der Waals surface area contributed by atoms with Crippen LogP contribution in [0.3, 0.4) is 0 Å². The molecule has 0 radical (unpaired) electrons. The fraction of sp³-hybridized carbons (Fsp3) is 0.571. The molecule has 3 unspecified atom stereocenters. The zero-order valence-electron chi connectivity index (χ0n) is 12.4. The molecule has 2 rings (SSSR count). The summed E-state index contributed by atoms with van der Waals surface area (Å²) in [5.74, 6) is 1.14. The molecule has 1 aromatic rings. The summed E-state index contributed by atoms with van der Waals surface area (Å²) < 4.78 is 33.6. The van der Waals surface area contributed by atoms with Gasteiger partial charge in [0.2, 0.25) is 0 Å². The van der Waals surface area contributed by atoms with E-state index in [4.69, 9.17) is 9.47 Å². The number of ether oxygens (including phenoxy) is 2. The van der Waals surface area contributed by atoms with Gasteiger partial charge in [0.05, 0.1) is 31.8 Å². The number of methoxy groups -OCH3 is 2. The predicted molar refractivity (Wildman–Crippen MR) is 79.5 cm³/mol. The molecule has 1 fully saturated rings. The van der Waals surface area contributed by atoms with Crippen molar-refractivity contribution in [2.45, 2.75) is 25.1 Å². The molecule has 0 saturated carbocycles. The molecule has 3 atom stereocenters. The second-order valence-electron chi connectivity index (χ2n) is 5.25. The van der Waals surface area contributed by atoms with E-state index >= 15 is 0 Å². The number of benzene rings is 1. The number of rotatable bonds is 5. The van der Waals surface area contributed by atoms with Crippen LogP contribution in [0.25, 0.3) is 0 Å². The molecule has 1 aliphatic heterocycles. The molecule has 7 heteroatoms. The van der Waals surface area contributed by atoms with Crippen molar-refractivity contribution in [2.24, 2.45) is 0 Å². The van der Waals surface area contributed by atoms with Gasteiger partial charge in [-0.3, -0.25) is 0 Å². The van der Waals surface area contributed by atoms with Crippen molar-refractivity contribution in [2.75, 3.05) is 25.7 Å². The minimum atomic E-state index is -3.17. The van der Waals surface area contributed by atoms with Gasteiger partial charge in [0.1, 0.15) is 11.5 Å². The van der Waals surface area contributed by atoms with E-state index in [9.17, 15) is 13.5 Å². The minimum Gasteiger partial charge on any atom is -0.497 e.